The highest BCUT2D eigenvalue weighted by atomic mass is 79.9. The third-order valence-corrected chi connectivity index (χ3v) is 6.11. The highest BCUT2D eigenvalue weighted by molar-refractivity contribution is 9.10. The van der Waals surface area contributed by atoms with E-state index in [4.69, 9.17) is 11.6 Å². The fourth-order valence-electron chi connectivity index (χ4n) is 2.16. The van der Waals surface area contributed by atoms with E-state index in [0.717, 1.165) is 4.47 Å². The van der Waals surface area contributed by atoms with E-state index >= 15 is 0 Å². The molecule has 5 nitrogen and oxygen atoms in total. The molecule has 0 heterocycles. The molecule has 0 spiro atoms. The Morgan fingerprint density at radius 2 is 1.83 bits per heavy atom. The number of ether oxygens (including phenoxy) is 1. The van der Waals surface area contributed by atoms with Crippen LogP contribution in [-0.4, -0.2) is 28.0 Å². The molecule has 2 aromatic carbocycles. The molecule has 0 amide bonds. The molecule has 0 aliphatic rings. The Kier molecular flexibility index (Phi) is 5.90. The first-order chi connectivity index (χ1) is 11.3. The molecule has 0 bridgehead atoms. The van der Waals surface area contributed by atoms with E-state index in [1.54, 1.807) is 25.1 Å². The zero-order valence-corrected chi connectivity index (χ0v) is 16.2. The molecule has 24 heavy (non-hydrogen) atoms. The Morgan fingerprint density at radius 1 is 1.21 bits per heavy atom. The number of carbonyl (C=O) groups excluding carboxylic acids is 1. The minimum Gasteiger partial charge on any atom is -0.465 e. The molecule has 128 valence electrons. The molecule has 2 aromatic rings. The highest BCUT2D eigenvalue weighted by Gasteiger charge is 2.25. The summed E-state index contributed by atoms with van der Waals surface area (Å²) in [6.07, 6.45) is 0. The molecule has 0 unspecified atom stereocenters. The average molecular weight is 433 g/mol. The standard InChI is InChI=1S/C16H15BrClNO4S/c1-3-19(24(21,22)13-7-4-11(17)5-8-13)12-6-9-15(18)14(10-12)16(20)23-2/h4-10H,3H2,1-2H3. The second kappa shape index (κ2) is 7.55. The van der Waals surface area contributed by atoms with Crippen molar-refractivity contribution in [3.63, 3.8) is 0 Å². The fourth-order valence-corrected chi connectivity index (χ4v) is 4.08. The molecule has 0 fully saturated rings. The van der Waals surface area contributed by atoms with E-state index in [1.807, 2.05) is 0 Å². The van der Waals surface area contributed by atoms with Crippen molar-refractivity contribution in [2.45, 2.75) is 11.8 Å². The van der Waals surface area contributed by atoms with Crippen LogP contribution in [0.1, 0.15) is 17.3 Å². The number of hydrogen-bond donors (Lipinski definition) is 0. The molecule has 0 saturated heterocycles. The van der Waals surface area contributed by atoms with Gasteiger partial charge in [0, 0.05) is 11.0 Å². The van der Waals surface area contributed by atoms with Gasteiger partial charge in [0.15, 0.2) is 0 Å². The summed E-state index contributed by atoms with van der Waals surface area (Å²) in [5, 5.41) is 0.197. The third-order valence-electron chi connectivity index (χ3n) is 3.33. The highest BCUT2D eigenvalue weighted by Crippen LogP contribution is 2.28. The third kappa shape index (κ3) is 3.74. The van der Waals surface area contributed by atoms with Crippen LogP contribution in [0, 0.1) is 0 Å². The first-order valence-corrected chi connectivity index (χ1v) is 9.58. The number of nitrogens with zero attached hydrogens (tertiary/aromatic N) is 1. The van der Waals surface area contributed by atoms with Crippen LogP contribution in [-0.2, 0) is 14.8 Å². The fraction of sp³-hybridized carbons (Fsp3) is 0.188. The lowest BCUT2D eigenvalue weighted by molar-refractivity contribution is 0.0601. The SMILES string of the molecule is CCN(c1ccc(Cl)c(C(=O)OC)c1)S(=O)(=O)c1ccc(Br)cc1. The maximum absolute atomic E-state index is 12.9. The van der Waals surface area contributed by atoms with Crippen molar-refractivity contribution < 1.29 is 17.9 Å². The summed E-state index contributed by atoms with van der Waals surface area (Å²) < 4.78 is 32.4. The molecule has 0 aliphatic carbocycles. The summed E-state index contributed by atoms with van der Waals surface area (Å²) in [6, 6.07) is 10.8. The van der Waals surface area contributed by atoms with E-state index in [9.17, 15) is 13.2 Å². The van der Waals surface area contributed by atoms with Gasteiger partial charge < -0.3 is 4.74 Å². The summed E-state index contributed by atoms with van der Waals surface area (Å²) in [7, 11) is -2.53. The zero-order valence-electron chi connectivity index (χ0n) is 13.0. The number of sulfonamides is 1. The Hall–Kier alpha value is -1.57. The van der Waals surface area contributed by atoms with Gasteiger partial charge in [-0.2, -0.15) is 0 Å². The minimum absolute atomic E-state index is 0.112. The van der Waals surface area contributed by atoms with Crippen molar-refractivity contribution >= 4 is 49.2 Å². The maximum Gasteiger partial charge on any atom is 0.339 e. The minimum atomic E-state index is -3.77. The number of methoxy groups -OCH3 is 1. The lowest BCUT2D eigenvalue weighted by Crippen LogP contribution is -2.31. The lowest BCUT2D eigenvalue weighted by atomic mass is 10.2. The van der Waals surface area contributed by atoms with Crippen molar-refractivity contribution in [3.05, 3.63) is 57.5 Å². The van der Waals surface area contributed by atoms with Gasteiger partial charge in [-0.3, -0.25) is 4.31 Å². The van der Waals surface area contributed by atoms with Crippen molar-refractivity contribution in [3.8, 4) is 0 Å². The Labute approximate surface area is 154 Å². The summed E-state index contributed by atoms with van der Waals surface area (Å²) in [5.74, 6) is -0.626. The average Bonchev–Trinajstić information content (AvgIpc) is 2.56. The van der Waals surface area contributed by atoms with E-state index in [0.29, 0.717) is 5.69 Å². The van der Waals surface area contributed by atoms with Gasteiger partial charge in [-0.05, 0) is 49.4 Å². The van der Waals surface area contributed by atoms with Crippen molar-refractivity contribution in [2.75, 3.05) is 18.0 Å². The number of hydrogen-bond acceptors (Lipinski definition) is 4. The topological polar surface area (TPSA) is 63.7 Å². The van der Waals surface area contributed by atoms with Crippen molar-refractivity contribution in [1.82, 2.24) is 0 Å². The summed E-state index contributed by atoms with van der Waals surface area (Å²) >= 11 is 9.27. The molecule has 0 radical (unpaired) electrons. The van der Waals surface area contributed by atoms with Crippen molar-refractivity contribution in [1.29, 1.82) is 0 Å². The van der Waals surface area contributed by atoms with Crippen LogP contribution in [0.15, 0.2) is 51.8 Å². The van der Waals surface area contributed by atoms with Crippen LogP contribution in [0.3, 0.4) is 0 Å². The van der Waals surface area contributed by atoms with Gasteiger partial charge in [-0.25, -0.2) is 13.2 Å². The Balaban J connectivity index is 2.52. The Morgan fingerprint density at radius 3 is 2.38 bits per heavy atom. The second-order valence-electron chi connectivity index (χ2n) is 4.78. The molecule has 0 atom stereocenters. The van der Waals surface area contributed by atoms with Gasteiger partial charge in [0.1, 0.15) is 0 Å². The normalized spacial score (nSPS) is 11.2. The molecule has 0 aromatic heterocycles. The van der Waals surface area contributed by atoms with Gasteiger partial charge >= 0.3 is 5.97 Å². The van der Waals surface area contributed by atoms with Crippen LogP contribution in [0.2, 0.25) is 5.02 Å². The van der Waals surface area contributed by atoms with Gasteiger partial charge in [-0.1, -0.05) is 27.5 Å². The summed E-state index contributed by atoms with van der Waals surface area (Å²) in [5.41, 5.74) is 0.450. The van der Waals surface area contributed by atoms with Crippen LogP contribution in [0.5, 0.6) is 0 Å². The van der Waals surface area contributed by atoms with Crippen LogP contribution in [0.4, 0.5) is 5.69 Å². The smallest absolute Gasteiger partial charge is 0.339 e. The number of esters is 1. The molecule has 0 saturated carbocycles. The van der Waals surface area contributed by atoms with Crippen molar-refractivity contribution in [2.24, 2.45) is 0 Å². The van der Waals surface area contributed by atoms with Crippen LogP contribution < -0.4 is 4.31 Å². The molecular formula is C16H15BrClNO4S. The second-order valence-corrected chi connectivity index (χ2v) is 7.96. The monoisotopic (exact) mass is 431 g/mol. The number of rotatable bonds is 5. The van der Waals surface area contributed by atoms with E-state index in [-0.39, 0.29) is 22.0 Å². The molecular weight excluding hydrogens is 418 g/mol. The predicted octanol–water partition coefficient (Wildman–Crippen LogP) is 4.10. The molecule has 8 heteroatoms. The number of benzene rings is 2. The quantitative estimate of drug-likeness (QED) is 0.667. The van der Waals surface area contributed by atoms with E-state index in [1.165, 1.54) is 35.7 Å². The van der Waals surface area contributed by atoms with E-state index in [2.05, 4.69) is 20.7 Å². The maximum atomic E-state index is 12.9. The van der Waals surface area contributed by atoms with E-state index < -0.39 is 16.0 Å². The largest absolute Gasteiger partial charge is 0.465 e. The number of halogens is 2. The van der Waals surface area contributed by atoms with Gasteiger partial charge in [0.25, 0.3) is 10.0 Å². The zero-order chi connectivity index (χ0) is 17.9. The molecule has 2 rings (SSSR count). The van der Waals surface area contributed by atoms with Gasteiger partial charge in [0.05, 0.1) is 28.3 Å². The summed E-state index contributed by atoms with van der Waals surface area (Å²) in [6.45, 7) is 1.91. The number of carbonyl (C=O) groups is 1. The summed E-state index contributed by atoms with van der Waals surface area (Å²) in [4.78, 5) is 11.9. The molecule has 0 N–H and O–H groups in total. The van der Waals surface area contributed by atoms with Crippen LogP contribution in [0.25, 0.3) is 0 Å². The molecule has 0 aliphatic heterocycles. The van der Waals surface area contributed by atoms with Gasteiger partial charge in [0.2, 0.25) is 0 Å². The first-order valence-electron chi connectivity index (χ1n) is 6.97. The predicted molar refractivity (Wildman–Crippen MR) is 97.1 cm³/mol. The Bertz CT molecular complexity index is 853. The number of anilines is 1. The first kappa shape index (κ1) is 18.8. The lowest BCUT2D eigenvalue weighted by Gasteiger charge is -2.23. The van der Waals surface area contributed by atoms with Crippen LogP contribution >= 0.6 is 27.5 Å². The van der Waals surface area contributed by atoms with Gasteiger partial charge in [-0.15, -0.1) is 0 Å².